The first kappa shape index (κ1) is 24.7. The summed E-state index contributed by atoms with van der Waals surface area (Å²) in [7, 11) is 0. The van der Waals surface area contributed by atoms with E-state index in [1.807, 2.05) is 11.8 Å². The van der Waals surface area contributed by atoms with Crippen LogP contribution in [0, 0.1) is 17.2 Å². The fraction of sp³-hybridized carbons (Fsp3) is 0.519. The topological polar surface area (TPSA) is 52.0 Å². The van der Waals surface area contributed by atoms with Crippen LogP contribution in [-0.4, -0.2) is 58.3 Å². The maximum atomic E-state index is 13.4. The van der Waals surface area contributed by atoms with E-state index in [4.69, 9.17) is 14.7 Å². The van der Waals surface area contributed by atoms with E-state index in [1.165, 1.54) is 11.8 Å². The highest BCUT2D eigenvalue weighted by molar-refractivity contribution is 5.60. The highest BCUT2D eigenvalue weighted by Gasteiger charge is 2.35. The van der Waals surface area contributed by atoms with Gasteiger partial charge in [0, 0.05) is 61.7 Å². The predicted octanol–water partition coefficient (Wildman–Crippen LogP) is 4.88. The molecule has 3 heterocycles. The number of anilines is 3. The van der Waals surface area contributed by atoms with Crippen LogP contribution in [-0.2, 0) is 15.7 Å². The van der Waals surface area contributed by atoms with Crippen LogP contribution in [0.3, 0.4) is 0 Å². The maximum Gasteiger partial charge on any atom is 0.417 e. The highest BCUT2D eigenvalue weighted by atomic mass is 19.4. The molecule has 0 saturated carbocycles. The van der Waals surface area contributed by atoms with Crippen LogP contribution in [0.1, 0.15) is 30.9 Å². The number of piperidine rings is 1. The molecule has 0 amide bonds. The average molecular weight is 501 g/mol. The van der Waals surface area contributed by atoms with E-state index < -0.39 is 11.7 Å². The monoisotopic (exact) mass is 500 g/mol. The van der Waals surface area contributed by atoms with Crippen LogP contribution in [0.25, 0.3) is 0 Å². The number of hydrogen-bond donors (Lipinski definition) is 0. The van der Waals surface area contributed by atoms with Crippen molar-refractivity contribution in [2.24, 2.45) is 5.92 Å². The zero-order chi connectivity index (χ0) is 25.3. The molecular formula is C27H31F3N4O2. The average Bonchev–Trinajstić information content (AvgIpc) is 3.43. The number of nitrogens with zero attached hydrogens (tertiary/aromatic N) is 4. The predicted molar refractivity (Wildman–Crippen MR) is 132 cm³/mol. The summed E-state index contributed by atoms with van der Waals surface area (Å²) in [6.45, 7) is 7.38. The van der Waals surface area contributed by atoms with Crippen LogP contribution in [0.15, 0.2) is 42.5 Å². The first-order chi connectivity index (χ1) is 17.3. The first-order valence-corrected chi connectivity index (χ1v) is 12.5. The lowest BCUT2D eigenvalue weighted by molar-refractivity contribution is -0.137. The Kier molecular flexibility index (Phi) is 7.00. The van der Waals surface area contributed by atoms with E-state index in [0.717, 1.165) is 37.7 Å². The maximum absolute atomic E-state index is 13.4. The largest absolute Gasteiger partial charge is 0.417 e. The molecular weight excluding hydrogens is 469 g/mol. The van der Waals surface area contributed by atoms with E-state index >= 15 is 0 Å². The number of ether oxygens (including phenoxy) is 2. The van der Waals surface area contributed by atoms with E-state index in [-0.39, 0.29) is 17.9 Å². The second-order valence-electron chi connectivity index (χ2n) is 9.78. The molecule has 192 valence electrons. The Morgan fingerprint density at radius 1 is 0.861 bits per heavy atom. The van der Waals surface area contributed by atoms with Crippen LogP contribution < -0.4 is 14.7 Å². The van der Waals surface area contributed by atoms with Gasteiger partial charge in [-0.25, -0.2) is 0 Å². The molecule has 36 heavy (non-hydrogen) atoms. The van der Waals surface area contributed by atoms with Crippen molar-refractivity contribution in [3.8, 4) is 6.07 Å². The standard InChI is InChI=1S/C27H31F3N4O2/c1-19-18-33(12-13-34(19)24-3-2-21(17-31)25(16-24)27(28,29)30)23-6-4-22(5-7-23)32-10-8-20(9-11-32)26-35-14-15-36-26/h2-7,16,19-20,26H,8-15,18H2,1H3. The second-order valence-corrected chi connectivity index (χ2v) is 9.78. The van der Waals surface area contributed by atoms with Crippen LogP contribution in [0.5, 0.6) is 0 Å². The van der Waals surface area contributed by atoms with Gasteiger partial charge < -0.3 is 24.2 Å². The summed E-state index contributed by atoms with van der Waals surface area (Å²) in [5.74, 6) is 0.462. The highest BCUT2D eigenvalue weighted by Crippen LogP contribution is 2.36. The molecule has 0 N–H and O–H groups in total. The van der Waals surface area contributed by atoms with Crippen molar-refractivity contribution in [3.05, 3.63) is 53.6 Å². The zero-order valence-corrected chi connectivity index (χ0v) is 20.4. The molecule has 6 nitrogen and oxygen atoms in total. The lowest BCUT2D eigenvalue weighted by atomic mass is 9.96. The molecule has 1 atom stereocenters. The number of alkyl halides is 3. The Bertz CT molecular complexity index is 1090. The van der Waals surface area contributed by atoms with Crippen molar-refractivity contribution >= 4 is 17.1 Å². The fourth-order valence-electron chi connectivity index (χ4n) is 5.57. The molecule has 3 aliphatic heterocycles. The summed E-state index contributed by atoms with van der Waals surface area (Å²) in [6, 6.07) is 14.2. The van der Waals surface area contributed by atoms with E-state index in [0.29, 0.717) is 44.5 Å². The Morgan fingerprint density at radius 3 is 2.06 bits per heavy atom. The summed E-state index contributed by atoms with van der Waals surface area (Å²) in [6.07, 6.45) is -2.49. The third kappa shape index (κ3) is 5.11. The smallest absolute Gasteiger partial charge is 0.372 e. The third-order valence-electron chi connectivity index (χ3n) is 7.54. The van der Waals surface area contributed by atoms with Gasteiger partial charge in [-0.05, 0) is 62.2 Å². The van der Waals surface area contributed by atoms with Crippen LogP contribution in [0.2, 0.25) is 0 Å². The summed E-state index contributed by atoms with van der Waals surface area (Å²) >= 11 is 0. The van der Waals surface area contributed by atoms with E-state index in [1.54, 1.807) is 12.1 Å². The van der Waals surface area contributed by atoms with Gasteiger partial charge in [0.1, 0.15) is 0 Å². The van der Waals surface area contributed by atoms with E-state index in [2.05, 4.69) is 34.1 Å². The van der Waals surface area contributed by atoms with Crippen molar-refractivity contribution in [1.29, 1.82) is 5.26 Å². The lowest BCUT2D eigenvalue weighted by Gasteiger charge is -2.42. The number of halogens is 3. The molecule has 3 fully saturated rings. The minimum Gasteiger partial charge on any atom is -0.372 e. The quantitative estimate of drug-likeness (QED) is 0.597. The minimum absolute atomic E-state index is 0.0199. The number of nitriles is 1. The fourth-order valence-corrected chi connectivity index (χ4v) is 5.57. The Morgan fingerprint density at radius 2 is 1.47 bits per heavy atom. The summed E-state index contributed by atoms with van der Waals surface area (Å²) < 4.78 is 51.6. The van der Waals surface area contributed by atoms with Gasteiger partial charge in [-0.2, -0.15) is 18.4 Å². The third-order valence-corrected chi connectivity index (χ3v) is 7.54. The molecule has 0 spiro atoms. The number of benzene rings is 2. The van der Waals surface area contributed by atoms with Crippen LogP contribution >= 0.6 is 0 Å². The molecule has 0 aliphatic carbocycles. The van der Waals surface area contributed by atoms with Gasteiger partial charge in [0.2, 0.25) is 0 Å². The van der Waals surface area contributed by atoms with Crippen molar-refractivity contribution < 1.29 is 22.6 Å². The number of piperazine rings is 1. The second kappa shape index (κ2) is 10.2. The van der Waals surface area contributed by atoms with Crippen LogP contribution in [0.4, 0.5) is 30.2 Å². The van der Waals surface area contributed by atoms with Gasteiger partial charge >= 0.3 is 6.18 Å². The Hall–Kier alpha value is -2.96. The lowest BCUT2D eigenvalue weighted by Crippen LogP contribution is -2.52. The molecule has 0 bridgehead atoms. The molecule has 5 rings (SSSR count). The van der Waals surface area contributed by atoms with Crippen molar-refractivity contribution in [3.63, 3.8) is 0 Å². The molecule has 0 aromatic heterocycles. The molecule has 3 saturated heterocycles. The molecule has 3 aliphatic rings. The summed E-state index contributed by atoms with van der Waals surface area (Å²) in [4.78, 5) is 6.67. The Balaban J connectivity index is 1.20. The Labute approximate surface area is 209 Å². The SMILES string of the molecule is CC1CN(c2ccc(N3CCC(C4OCCO4)CC3)cc2)CCN1c1ccc(C#N)c(C(F)(F)F)c1. The molecule has 9 heteroatoms. The van der Waals surface area contributed by atoms with Crippen molar-refractivity contribution in [1.82, 2.24) is 0 Å². The van der Waals surface area contributed by atoms with Crippen molar-refractivity contribution in [2.75, 3.05) is 60.6 Å². The molecule has 2 aromatic carbocycles. The van der Waals surface area contributed by atoms with Gasteiger partial charge in [-0.1, -0.05) is 0 Å². The van der Waals surface area contributed by atoms with Gasteiger partial charge in [0.05, 0.1) is 30.4 Å². The van der Waals surface area contributed by atoms with Gasteiger partial charge in [0.25, 0.3) is 0 Å². The number of hydrogen-bond acceptors (Lipinski definition) is 6. The number of rotatable bonds is 4. The molecule has 0 radical (unpaired) electrons. The van der Waals surface area contributed by atoms with E-state index in [9.17, 15) is 13.2 Å². The summed E-state index contributed by atoms with van der Waals surface area (Å²) in [5.41, 5.74) is 1.60. The molecule has 2 aromatic rings. The summed E-state index contributed by atoms with van der Waals surface area (Å²) in [5, 5.41) is 9.07. The normalized spacial score (nSPS) is 22.2. The van der Waals surface area contributed by atoms with Crippen molar-refractivity contribution in [2.45, 2.75) is 38.3 Å². The van der Waals surface area contributed by atoms with Gasteiger partial charge in [0.15, 0.2) is 6.29 Å². The first-order valence-electron chi connectivity index (χ1n) is 12.5. The molecule has 1 unspecified atom stereocenters. The minimum atomic E-state index is -4.55. The zero-order valence-electron chi connectivity index (χ0n) is 20.4. The van der Waals surface area contributed by atoms with Gasteiger partial charge in [-0.15, -0.1) is 0 Å². The van der Waals surface area contributed by atoms with Gasteiger partial charge in [-0.3, -0.25) is 0 Å².